The molecule has 1 heterocycles. The predicted octanol–water partition coefficient (Wildman–Crippen LogP) is 2.21. The summed E-state index contributed by atoms with van der Waals surface area (Å²) in [6.07, 6.45) is 0.372. The zero-order valence-electron chi connectivity index (χ0n) is 10.4. The van der Waals surface area contributed by atoms with Gasteiger partial charge in [0.15, 0.2) is 9.84 Å². The number of rotatable bonds is 4. The molecule has 0 aliphatic carbocycles. The van der Waals surface area contributed by atoms with Gasteiger partial charge in [0.25, 0.3) is 0 Å². The zero-order valence-corrected chi connectivity index (χ0v) is 11.9. The van der Waals surface area contributed by atoms with E-state index in [1.165, 1.54) is 18.2 Å². The van der Waals surface area contributed by atoms with Crippen LogP contribution in [0.3, 0.4) is 0 Å². The van der Waals surface area contributed by atoms with Crippen LogP contribution in [0.4, 0.5) is 4.39 Å². The van der Waals surface area contributed by atoms with E-state index in [1.54, 1.807) is 0 Å². The van der Waals surface area contributed by atoms with Gasteiger partial charge < -0.3 is 5.11 Å². The van der Waals surface area contributed by atoms with Crippen molar-refractivity contribution in [1.82, 2.24) is 0 Å². The topological polar surface area (TPSA) is 54.4 Å². The second kappa shape index (κ2) is 5.77. The summed E-state index contributed by atoms with van der Waals surface area (Å²) in [5, 5.41) is 10.4. The van der Waals surface area contributed by atoms with Gasteiger partial charge in [-0.3, -0.25) is 0 Å². The van der Waals surface area contributed by atoms with Crippen molar-refractivity contribution >= 4 is 21.4 Å². The lowest BCUT2D eigenvalue weighted by atomic mass is 9.96. The van der Waals surface area contributed by atoms with Crippen molar-refractivity contribution in [2.45, 2.75) is 25.4 Å². The maximum absolute atomic E-state index is 13.5. The summed E-state index contributed by atoms with van der Waals surface area (Å²) < 4.78 is 36.1. The van der Waals surface area contributed by atoms with Crippen molar-refractivity contribution < 1.29 is 17.9 Å². The van der Waals surface area contributed by atoms with Crippen LogP contribution in [-0.2, 0) is 16.3 Å². The number of aliphatic hydroxyl groups is 1. The lowest BCUT2D eigenvalue weighted by Gasteiger charge is -2.15. The molecule has 0 aromatic heterocycles. The average molecular weight is 307 g/mol. The van der Waals surface area contributed by atoms with Crippen molar-refractivity contribution in [3.8, 4) is 0 Å². The third-order valence-electron chi connectivity index (χ3n) is 3.40. The molecule has 1 saturated heterocycles. The second-order valence-corrected chi connectivity index (χ2v) is 7.76. The van der Waals surface area contributed by atoms with E-state index in [9.17, 15) is 17.9 Å². The van der Waals surface area contributed by atoms with E-state index in [-0.39, 0.29) is 23.8 Å². The Morgan fingerprint density at radius 1 is 1.47 bits per heavy atom. The zero-order chi connectivity index (χ0) is 14.0. The molecule has 0 bridgehead atoms. The molecule has 0 saturated carbocycles. The van der Waals surface area contributed by atoms with E-state index in [1.807, 2.05) is 0 Å². The average Bonchev–Trinajstić information content (AvgIpc) is 2.63. The van der Waals surface area contributed by atoms with Crippen molar-refractivity contribution in [3.05, 3.63) is 34.6 Å². The van der Waals surface area contributed by atoms with Crippen LogP contribution in [-0.4, -0.2) is 31.1 Å². The molecular weight excluding hydrogens is 291 g/mol. The first-order valence-corrected chi connectivity index (χ1v) is 8.38. The first-order valence-electron chi connectivity index (χ1n) is 6.18. The van der Waals surface area contributed by atoms with Gasteiger partial charge in [-0.2, -0.15) is 0 Å². The normalized spacial score (nSPS) is 23.4. The summed E-state index contributed by atoms with van der Waals surface area (Å²) in [5.41, 5.74) is 0.362. The van der Waals surface area contributed by atoms with E-state index in [2.05, 4.69) is 0 Å². The van der Waals surface area contributed by atoms with Crippen molar-refractivity contribution in [2.24, 2.45) is 5.92 Å². The molecule has 1 aliphatic heterocycles. The molecule has 6 heteroatoms. The van der Waals surface area contributed by atoms with Gasteiger partial charge in [-0.25, -0.2) is 12.8 Å². The van der Waals surface area contributed by atoms with Crippen LogP contribution in [0.15, 0.2) is 18.2 Å². The molecule has 1 fully saturated rings. The molecule has 2 rings (SSSR count). The molecule has 1 aliphatic rings. The standard InChI is InChI=1S/C13H16ClFO3S/c14-11-1-2-13(15)10(6-11)7-12(16)5-9-3-4-19(17,18)8-9/h1-2,6,9,12,16H,3-5,7-8H2. The largest absolute Gasteiger partial charge is 0.393 e. The minimum absolute atomic E-state index is 0.0257. The number of benzene rings is 1. The fraction of sp³-hybridized carbons (Fsp3) is 0.538. The molecular formula is C13H16ClFO3S. The van der Waals surface area contributed by atoms with Gasteiger partial charge in [0, 0.05) is 11.4 Å². The summed E-state index contributed by atoms with van der Waals surface area (Å²) >= 11 is 5.78. The number of halogens is 2. The maximum Gasteiger partial charge on any atom is 0.150 e. The number of aliphatic hydroxyl groups excluding tert-OH is 1. The van der Waals surface area contributed by atoms with Crippen molar-refractivity contribution in [1.29, 1.82) is 0 Å². The molecule has 0 spiro atoms. The van der Waals surface area contributed by atoms with Crippen LogP contribution in [0.1, 0.15) is 18.4 Å². The first kappa shape index (κ1) is 14.8. The van der Waals surface area contributed by atoms with Gasteiger partial charge in [-0.05, 0) is 42.5 Å². The third-order valence-corrected chi connectivity index (χ3v) is 5.47. The van der Waals surface area contributed by atoms with Gasteiger partial charge in [0.1, 0.15) is 5.82 Å². The van der Waals surface area contributed by atoms with Gasteiger partial charge in [0.05, 0.1) is 17.6 Å². The Morgan fingerprint density at radius 2 is 2.21 bits per heavy atom. The Labute approximate surface area is 117 Å². The van der Waals surface area contributed by atoms with Crippen LogP contribution in [0, 0.1) is 11.7 Å². The molecule has 1 aromatic carbocycles. The molecule has 19 heavy (non-hydrogen) atoms. The van der Waals surface area contributed by atoms with Crippen LogP contribution >= 0.6 is 11.6 Å². The number of hydrogen-bond acceptors (Lipinski definition) is 3. The van der Waals surface area contributed by atoms with Crippen molar-refractivity contribution in [2.75, 3.05) is 11.5 Å². The van der Waals surface area contributed by atoms with Crippen LogP contribution in [0.25, 0.3) is 0 Å². The van der Waals surface area contributed by atoms with E-state index in [4.69, 9.17) is 11.6 Å². The molecule has 2 atom stereocenters. The van der Waals surface area contributed by atoms with E-state index < -0.39 is 21.8 Å². The van der Waals surface area contributed by atoms with Crippen LogP contribution < -0.4 is 0 Å². The second-order valence-electron chi connectivity index (χ2n) is 5.10. The highest BCUT2D eigenvalue weighted by Crippen LogP contribution is 2.25. The molecule has 0 amide bonds. The fourth-order valence-corrected chi connectivity index (χ4v) is 4.55. The summed E-state index contributed by atoms with van der Waals surface area (Å²) in [5.74, 6) is -0.109. The Hall–Kier alpha value is -0.650. The predicted molar refractivity (Wildman–Crippen MR) is 72.5 cm³/mol. The molecule has 1 aromatic rings. The lowest BCUT2D eigenvalue weighted by molar-refractivity contribution is 0.146. The Kier molecular flexibility index (Phi) is 4.48. The minimum atomic E-state index is -2.94. The molecule has 106 valence electrons. The maximum atomic E-state index is 13.5. The van der Waals surface area contributed by atoms with Crippen LogP contribution in [0.2, 0.25) is 5.02 Å². The number of hydrogen-bond donors (Lipinski definition) is 1. The lowest BCUT2D eigenvalue weighted by Crippen LogP contribution is -2.17. The molecule has 1 N–H and O–H groups in total. The first-order chi connectivity index (χ1) is 8.85. The van der Waals surface area contributed by atoms with Crippen molar-refractivity contribution in [3.63, 3.8) is 0 Å². The smallest absolute Gasteiger partial charge is 0.150 e. The SMILES string of the molecule is O=S1(=O)CCC(CC(O)Cc2cc(Cl)ccc2F)C1. The summed E-state index contributed by atoms with van der Waals surface area (Å²) in [6, 6.07) is 4.21. The Bertz CT molecular complexity index is 559. The molecule has 0 radical (unpaired) electrons. The highest BCUT2D eigenvalue weighted by Gasteiger charge is 2.29. The van der Waals surface area contributed by atoms with E-state index >= 15 is 0 Å². The van der Waals surface area contributed by atoms with Crippen LogP contribution in [0.5, 0.6) is 0 Å². The quantitative estimate of drug-likeness (QED) is 0.928. The Balaban J connectivity index is 1.94. The molecule has 3 nitrogen and oxygen atoms in total. The highest BCUT2D eigenvalue weighted by molar-refractivity contribution is 7.91. The highest BCUT2D eigenvalue weighted by atomic mass is 35.5. The Morgan fingerprint density at radius 3 is 2.84 bits per heavy atom. The monoisotopic (exact) mass is 306 g/mol. The van der Waals surface area contributed by atoms with E-state index in [0.717, 1.165) is 0 Å². The van der Waals surface area contributed by atoms with Gasteiger partial charge in [-0.1, -0.05) is 11.6 Å². The molecule has 2 unspecified atom stereocenters. The summed E-state index contributed by atoms with van der Waals surface area (Å²) in [6.45, 7) is 0. The summed E-state index contributed by atoms with van der Waals surface area (Å²) in [4.78, 5) is 0. The van der Waals surface area contributed by atoms with E-state index in [0.29, 0.717) is 23.4 Å². The fourth-order valence-electron chi connectivity index (χ4n) is 2.48. The van der Waals surface area contributed by atoms with Gasteiger partial charge >= 0.3 is 0 Å². The van der Waals surface area contributed by atoms with Gasteiger partial charge in [0.2, 0.25) is 0 Å². The van der Waals surface area contributed by atoms with Gasteiger partial charge in [-0.15, -0.1) is 0 Å². The number of sulfone groups is 1. The summed E-state index contributed by atoms with van der Waals surface area (Å²) in [7, 11) is -2.94. The minimum Gasteiger partial charge on any atom is -0.393 e. The third kappa shape index (κ3) is 4.16.